The normalized spacial score (nSPS) is 19.7. The molecule has 1 atom stereocenters. The van der Waals surface area contributed by atoms with Crippen molar-refractivity contribution in [2.45, 2.75) is 75.5 Å². The largest absolute Gasteiger partial charge is 0.322 e. The third kappa shape index (κ3) is 5.46. The zero-order valence-electron chi connectivity index (χ0n) is 20.1. The van der Waals surface area contributed by atoms with Crippen LogP contribution in [0.3, 0.4) is 0 Å². The van der Waals surface area contributed by atoms with Gasteiger partial charge >= 0.3 is 0 Å². The smallest absolute Gasteiger partial charge is 0.255 e. The molecule has 3 amide bonds. The SMILES string of the molecule is O=C1CCC(N2Cc3c(SCCCCCCCN4Cc5ccccc5C4)cccc3C2=O)C(=O)N1. The number of fused-ring (bicyclic) bond motifs is 2. The Bertz CT molecular complexity index is 1090. The molecule has 1 N–H and O–H groups in total. The number of nitrogens with zero attached hydrogens (tertiary/aromatic N) is 2. The number of thioether (sulfide) groups is 1. The first-order chi connectivity index (χ1) is 17.1. The highest BCUT2D eigenvalue weighted by atomic mass is 32.2. The fourth-order valence-electron chi connectivity index (χ4n) is 5.40. The van der Waals surface area contributed by atoms with Crippen molar-refractivity contribution < 1.29 is 14.4 Å². The van der Waals surface area contributed by atoms with Gasteiger partial charge in [0.05, 0.1) is 0 Å². The number of rotatable bonds is 10. The summed E-state index contributed by atoms with van der Waals surface area (Å²) in [5.41, 5.74) is 4.69. The van der Waals surface area contributed by atoms with Crippen LogP contribution in [0.4, 0.5) is 0 Å². The van der Waals surface area contributed by atoms with Crippen LogP contribution in [0.5, 0.6) is 0 Å². The van der Waals surface area contributed by atoms with Crippen LogP contribution in [0.25, 0.3) is 0 Å². The molecule has 5 rings (SSSR count). The first-order valence-corrected chi connectivity index (χ1v) is 13.8. The number of nitrogens with one attached hydrogen (secondary N) is 1. The summed E-state index contributed by atoms with van der Waals surface area (Å²) in [6, 6.07) is 14.1. The highest BCUT2D eigenvalue weighted by Crippen LogP contribution is 2.34. The Balaban J connectivity index is 1.02. The van der Waals surface area contributed by atoms with Gasteiger partial charge in [0.25, 0.3) is 5.91 Å². The molecule has 1 unspecified atom stereocenters. The number of benzene rings is 2. The first kappa shape index (κ1) is 24.1. The minimum Gasteiger partial charge on any atom is -0.322 e. The number of amides is 3. The van der Waals surface area contributed by atoms with E-state index in [0.717, 1.165) is 35.7 Å². The van der Waals surface area contributed by atoms with Gasteiger partial charge in [-0.25, -0.2) is 0 Å². The van der Waals surface area contributed by atoms with Gasteiger partial charge in [-0.15, -0.1) is 11.8 Å². The average molecular weight is 492 g/mol. The van der Waals surface area contributed by atoms with Crippen LogP contribution in [-0.4, -0.2) is 45.9 Å². The fraction of sp³-hybridized carbons (Fsp3) is 0.464. The van der Waals surface area contributed by atoms with Crippen molar-refractivity contribution in [1.29, 1.82) is 0 Å². The van der Waals surface area contributed by atoms with Gasteiger partial charge < -0.3 is 4.90 Å². The second kappa shape index (κ2) is 11.0. The molecule has 1 saturated heterocycles. The Morgan fingerprint density at radius 3 is 2.37 bits per heavy atom. The van der Waals surface area contributed by atoms with Crippen molar-refractivity contribution in [3.8, 4) is 0 Å². The molecule has 0 spiro atoms. The Labute approximate surface area is 211 Å². The van der Waals surface area contributed by atoms with E-state index in [1.54, 1.807) is 4.90 Å². The summed E-state index contributed by atoms with van der Waals surface area (Å²) in [5.74, 6) is 0.321. The van der Waals surface area contributed by atoms with E-state index in [-0.39, 0.29) is 24.1 Å². The van der Waals surface area contributed by atoms with Crippen LogP contribution in [0, 0.1) is 0 Å². The zero-order chi connectivity index (χ0) is 24.2. The molecule has 0 aromatic heterocycles. The number of unbranched alkanes of at least 4 members (excludes halogenated alkanes) is 4. The van der Waals surface area contributed by atoms with E-state index in [1.807, 2.05) is 23.9 Å². The summed E-state index contributed by atoms with van der Waals surface area (Å²) >= 11 is 1.81. The maximum atomic E-state index is 13.0. The molecule has 3 aliphatic rings. The summed E-state index contributed by atoms with van der Waals surface area (Å²) in [7, 11) is 0. The van der Waals surface area contributed by atoms with Crippen LogP contribution < -0.4 is 5.32 Å². The van der Waals surface area contributed by atoms with Gasteiger partial charge in [-0.3, -0.25) is 24.6 Å². The van der Waals surface area contributed by atoms with E-state index < -0.39 is 6.04 Å². The average Bonchev–Trinajstić information content (AvgIpc) is 3.42. The van der Waals surface area contributed by atoms with E-state index in [0.29, 0.717) is 18.5 Å². The molecule has 3 heterocycles. The molecule has 2 aromatic rings. The Hall–Kier alpha value is -2.64. The molecule has 3 aliphatic heterocycles. The topological polar surface area (TPSA) is 69.7 Å². The van der Waals surface area contributed by atoms with Crippen LogP contribution in [0.1, 0.15) is 72.0 Å². The molecule has 6 nitrogen and oxygen atoms in total. The summed E-state index contributed by atoms with van der Waals surface area (Å²) in [6.45, 7) is 3.82. The molecule has 0 aliphatic carbocycles. The standard InChI is InChI=1S/C28H33N3O3S/c32-26-14-13-24(27(33)29-26)31-19-23-22(28(31)34)11-8-12-25(23)35-16-7-3-1-2-6-15-30-17-20-9-4-5-10-21(20)18-30/h4-5,8-12,24H,1-3,6-7,13-19H2,(H,29,32,33). The number of hydrogen-bond acceptors (Lipinski definition) is 5. The third-order valence-corrected chi connectivity index (χ3v) is 8.51. The van der Waals surface area contributed by atoms with Gasteiger partial charge in [-0.05, 0) is 60.4 Å². The molecule has 1 fully saturated rings. The van der Waals surface area contributed by atoms with Gasteiger partial charge in [0.15, 0.2) is 0 Å². The quantitative estimate of drug-likeness (QED) is 0.301. The zero-order valence-corrected chi connectivity index (χ0v) is 20.9. The first-order valence-electron chi connectivity index (χ1n) is 12.8. The Morgan fingerprint density at radius 2 is 1.60 bits per heavy atom. The van der Waals surface area contributed by atoms with Crippen molar-refractivity contribution in [2.75, 3.05) is 12.3 Å². The molecule has 184 valence electrons. The van der Waals surface area contributed by atoms with Gasteiger partial charge in [-0.2, -0.15) is 0 Å². The van der Waals surface area contributed by atoms with Crippen molar-refractivity contribution in [3.63, 3.8) is 0 Å². The minimum atomic E-state index is -0.555. The fourth-order valence-corrected chi connectivity index (χ4v) is 6.50. The molecule has 7 heteroatoms. The number of piperidine rings is 1. The van der Waals surface area contributed by atoms with Crippen LogP contribution >= 0.6 is 11.8 Å². The lowest BCUT2D eigenvalue weighted by molar-refractivity contribution is -0.136. The highest BCUT2D eigenvalue weighted by molar-refractivity contribution is 7.99. The highest BCUT2D eigenvalue weighted by Gasteiger charge is 2.39. The molecule has 35 heavy (non-hydrogen) atoms. The van der Waals surface area contributed by atoms with Gasteiger partial charge in [-0.1, -0.05) is 49.6 Å². The van der Waals surface area contributed by atoms with Gasteiger partial charge in [0.2, 0.25) is 11.8 Å². The van der Waals surface area contributed by atoms with Crippen molar-refractivity contribution in [3.05, 3.63) is 64.7 Å². The maximum absolute atomic E-state index is 13.0. The maximum Gasteiger partial charge on any atom is 0.255 e. The lowest BCUT2D eigenvalue weighted by atomic mass is 10.0. The molecule has 2 aromatic carbocycles. The second-order valence-electron chi connectivity index (χ2n) is 9.78. The second-order valence-corrected chi connectivity index (χ2v) is 10.9. The Kier molecular flexibility index (Phi) is 7.54. The van der Waals surface area contributed by atoms with Gasteiger partial charge in [0.1, 0.15) is 6.04 Å². The predicted molar refractivity (Wildman–Crippen MR) is 137 cm³/mol. The number of imide groups is 1. The number of hydrogen-bond donors (Lipinski definition) is 1. The lowest BCUT2D eigenvalue weighted by Gasteiger charge is -2.29. The minimum absolute atomic E-state index is 0.0990. The number of carbonyl (C=O) groups is 3. The summed E-state index contributed by atoms with van der Waals surface area (Å²) < 4.78 is 0. The van der Waals surface area contributed by atoms with E-state index >= 15 is 0 Å². The predicted octanol–water partition coefficient (Wildman–Crippen LogP) is 4.51. The lowest BCUT2D eigenvalue weighted by Crippen LogP contribution is -2.52. The van der Waals surface area contributed by atoms with E-state index in [1.165, 1.54) is 43.4 Å². The van der Waals surface area contributed by atoms with Crippen molar-refractivity contribution in [2.24, 2.45) is 0 Å². The van der Waals surface area contributed by atoms with Crippen LogP contribution in [0.15, 0.2) is 47.4 Å². The summed E-state index contributed by atoms with van der Waals surface area (Å²) in [5, 5.41) is 2.37. The molecular weight excluding hydrogens is 458 g/mol. The summed E-state index contributed by atoms with van der Waals surface area (Å²) in [4.78, 5) is 42.0. The van der Waals surface area contributed by atoms with Gasteiger partial charge in [0, 0.05) is 36.5 Å². The third-order valence-electron chi connectivity index (χ3n) is 7.32. The Morgan fingerprint density at radius 1 is 0.857 bits per heavy atom. The molecular formula is C28H33N3O3S. The summed E-state index contributed by atoms with van der Waals surface area (Å²) in [6.07, 6.45) is 6.86. The van der Waals surface area contributed by atoms with E-state index in [4.69, 9.17) is 0 Å². The van der Waals surface area contributed by atoms with E-state index in [9.17, 15) is 14.4 Å². The monoisotopic (exact) mass is 491 g/mol. The van der Waals surface area contributed by atoms with Crippen molar-refractivity contribution >= 4 is 29.5 Å². The molecule has 0 saturated carbocycles. The van der Waals surface area contributed by atoms with Crippen molar-refractivity contribution in [1.82, 2.24) is 15.1 Å². The van der Waals surface area contributed by atoms with Crippen LogP contribution in [0.2, 0.25) is 0 Å². The molecule has 0 radical (unpaired) electrons. The molecule has 0 bridgehead atoms. The van der Waals surface area contributed by atoms with Crippen LogP contribution in [-0.2, 0) is 29.2 Å². The number of carbonyl (C=O) groups excluding carboxylic acids is 3. The van der Waals surface area contributed by atoms with E-state index in [2.05, 4.69) is 40.5 Å².